The van der Waals surface area contributed by atoms with E-state index in [0.717, 1.165) is 32.1 Å². The summed E-state index contributed by atoms with van der Waals surface area (Å²) in [7, 11) is 0. The molecule has 8 nitrogen and oxygen atoms in total. The Balaban J connectivity index is 1.10. The third-order valence-corrected chi connectivity index (χ3v) is 7.93. The van der Waals surface area contributed by atoms with Gasteiger partial charge in [0.25, 0.3) is 0 Å². The highest BCUT2D eigenvalue weighted by Gasteiger charge is 2.50. The summed E-state index contributed by atoms with van der Waals surface area (Å²) in [6, 6.07) is 8.94. The van der Waals surface area contributed by atoms with Crippen molar-refractivity contribution in [1.29, 1.82) is 0 Å². The first-order valence-electron chi connectivity index (χ1n) is 14.6. The maximum atomic E-state index is 6.26. The first-order valence-corrected chi connectivity index (χ1v) is 14.6. The van der Waals surface area contributed by atoms with Gasteiger partial charge in [0.1, 0.15) is 24.4 Å². The van der Waals surface area contributed by atoms with Gasteiger partial charge in [-0.2, -0.15) is 0 Å². The first kappa shape index (κ1) is 29.4. The van der Waals surface area contributed by atoms with Crippen molar-refractivity contribution in [2.24, 2.45) is 0 Å². The van der Waals surface area contributed by atoms with Crippen LogP contribution in [0, 0.1) is 0 Å². The molecule has 220 valence electrons. The summed E-state index contributed by atoms with van der Waals surface area (Å²) in [4.78, 5) is 0. The molecule has 0 radical (unpaired) electrons. The summed E-state index contributed by atoms with van der Waals surface area (Å²) < 4.78 is 48.7. The Bertz CT molecular complexity index is 971. The molecule has 5 rings (SSSR count). The minimum atomic E-state index is -0.620. The monoisotopic (exact) mass is 548 g/mol. The Morgan fingerprint density at radius 2 is 0.974 bits per heavy atom. The highest BCUT2D eigenvalue weighted by atomic mass is 16.8. The maximum absolute atomic E-state index is 6.26. The summed E-state index contributed by atoms with van der Waals surface area (Å²) >= 11 is 0. The molecule has 4 aliphatic rings. The standard InChI is InChI=1S/C31H48O8/c1-28(2)32-18-24(36-28)26-22(34-30(5,6)38-26)11-9-10-20-12-14-21(15-13-20)16-17-23-27(39-31(7,8)35-23)25-19-33-29(3,4)37-25/h12-15,22-27H,9-11,16-19H2,1-8H3/t22-,23-,24-,25-,26+,27+/m1/s1. The zero-order chi connectivity index (χ0) is 28.1. The third kappa shape index (κ3) is 7.41. The van der Waals surface area contributed by atoms with Crippen LogP contribution in [0.15, 0.2) is 24.3 Å². The molecule has 39 heavy (non-hydrogen) atoms. The Hall–Kier alpha value is -1.10. The fourth-order valence-electron chi connectivity index (χ4n) is 6.25. The van der Waals surface area contributed by atoms with E-state index in [-0.39, 0.29) is 36.6 Å². The summed E-state index contributed by atoms with van der Waals surface area (Å²) in [6.07, 6.45) is 4.19. The van der Waals surface area contributed by atoms with E-state index in [2.05, 4.69) is 24.3 Å². The van der Waals surface area contributed by atoms with Crippen LogP contribution in [0.2, 0.25) is 0 Å². The molecule has 4 aliphatic heterocycles. The van der Waals surface area contributed by atoms with Crippen molar-refractivity contribution >= 4 is 0 Å². The van der Waals surface area contributed by atoms with Crippen molar-refractivity contribution in [3.05, 3.63) is 35.4 Å². The van der Waals surface area contributed by atoms with Gasteiger partial charge in [0, 0.05) is 0 Å². The van der Waals surface area contributed by atoms with E-state index in [1.807, 2.05) is 55.4 Å². The van der Waals surface area contributed by atoms with Crippen LogP contribution < -0.4 is 0 Å². The predicted molar refractivity (Wildman–Crippen MR) is 145 cm³/mol. The first-order chi connectivity index (χ1) is 18.2. The zero-order valence-electron chi connectivity index (χ0n) is 25.0. The van der Waals surface area contributed by atoms with E-state index < -0.39 is 23.1 Å². The summed E-state index contributed by atoms with van der Waals surface area (Å²) in [5.41, 5.74) is 2.62. The topological polar surface area (TPSA) is 73.8 Å². The van der Waals surface area contributed by atoms with Gasteiger partial charge in [-0.25, -0.2) is 0 Å². The van der Waals surface area contributed by atoms with Gasteiger partial charge in [-0.15, -0.1) is 0 Å². The summed E-state index contributed by atoms with van der Waals surface area (Å²) in [5.74, 6) is -2.38. The average Bonchev–Trinajstić information content (AvgIpc) is 3.55. The quantitative estimate of drug-likeness (QED) is 0.413. The molecular weight excluding hydrogens is 500 g/mol. The number of hydrogen-bond acceptors (Lipinski definition) is 8. The molecule has 4 fully saturated rings. The molecule has 6 atom stereocenters. The van der Waals surface area contributed by atoms with Crippen LogP contribution in [0.4, 0.5) is 0 Å². The molecule has 4 saturated heterocycles. The highest BCUT2D eigenvalue weighted by Crippen LogP contribution is 2.38. The van der Waals surface area contributed by atoms with E-state index in [9.17, 15) is 0 Å². The second kappa shape index (κ2) is 11.0. The molecule has 0 N–H and O–H groups in total. The van der Waals surface area contributed by atoms with Gasteiger partial charge in [0.15, 0.2) is 23.1 Å². The second-order valence-electron chi connectivity index (χ2n) is 13.3. The fourth-order valence-corrected chi connectivity index (χ4v) is 6.25. The molecule has 8 heteroatoms. The van der Waals surface area contributed by atoms with E-state index in [1.165, 1.54) is 11.1 Å². The van der Waals surface area contributed by atoms with Gasteiger partial charge >= 0.3 is 0 Å². The molecule has 0 aromatic heterocycles. The number of hydrogen-bond donors (Lipinski definition) is 0. The Morgan fingerprint density at radius 1 is 0.538 bits per heavy atom. The normalized spacial score (nSPS) is 36.5. The van der Waals surface area contributed by atoms with Crippen molar-refractivity contribution in [3.8, 4) is 0 Å². The molecule has 0 unspecified atom stereocenters. The third-order valence-electron chi connectivity index (χ3n) is 7.93. The van der Waals surface area contributed by atoms with Crippen LogP contribution in [0.1, 0.15) is 85.8 Å². The van der Waals surface area contributed by atoms with Crippen LogP contribution in [-0.4, -0.2) is 73.0 Å². The Kier molecular flexibility index (Phi) is 8.25. The summed E-state index contributed by atoms with van der Waals surface area (Å²) in [6.45, 7) is 16.7. The lowest BCUT2D eigenvalue weighted by Crippen LogP contribution is -2.38. The van der Waals surface area contributed by atoms with E-state index in [4.69, 9.17) is 37.9 Å². The molecule has 1 aromatic rings. The molecule has 0 saturated carbocycles. The number of ether oxygens (including phenoxy) is 8. The van der Waals surface area contributed by atoms with Crippen LogP contribution in [-0.2, 0) is 50.7 Å². The minimum absolute atomic E-state index is 0.00702. The maximum Gasteiger partial charge on any atom is 0.163 e. The lowest BCUT2D eigenvalue weighted by Gasteiger charge is -2.24. The van der Waals surface area contributed by atoms with E-state index in [0.29, 0.717) is 13.2 Å². The largest absolute Gasteiger partial charge is 0.348 e. The van der Waals surface area contributed by atoms with Crippen molar-refractivity contribution in [2.75, 3.05) is 13.2 Å². The molecule has 1 aromatic carbocycles. The van der Waals surface area contributed by atoms with Gasteiger partial charge < -0.3 is 37.9 Å². The lowest BCUT2D eigenvalue weighted by molar-refractivity contribution is -0.174. The van der Waals surface area contributed by atoms with E-state index in [1.54, 1.807) is 0 Å². The van der Waals surface area contributed by atoms with Crippen LogP contribution in [0.25, 0.3) is 0 Å². The average molecular weight is 549 g/mol. The Labute approximate surface area is 233 Å². The van der Waals surface area contributed by atoms with Gasteiger partial charge in [-0.05, 0) is 98.6 Å². The number of aryl methyl sites for hydroxylation is 2. The second-order valence-corrected chi connectivity index (χ2v) is 13.3. The van der Waals surface area contributed by atoms with Gasteiger partial charge in [0.2, 0.25) is 0 Å². The van der Waals surface area contributed by atoms with Gasteiger partial charge in [-0.1, -0.05) is 24.3 Å². The van der Waals surface area contributed by atoms with Crippen molar-refractivity contribution in [1.82, 2.24) is 0 Å². The smallest absolute Gasteiger partial charge is 0.163 e. The van der Waals surface area contributed by atoms with Crippen molar-refractivity contribution < 1.29 is 37.9 Å². The van der Waals surface area contributed by atoms with Crippen LogP contribution in [0.5, 0.6) is 0 Å². The lowest BCUT2D eigenvalue weighted by atomic mass is 9.98. The summed E-state index contributed by atoms with van der Waals surface area (Å²) in [5, 5.41) is 0. The number of rotatable bonds is 9. The van der Waals surface area contributed by atoms with Gasteiger partial charge in [-0.3, -0.25) is 0 Å². The van der Waals surface area contributed by atoms with Crippen molar-refractivity contribution in [2.45, 2.75) is 147 Å². The minimum Gasteiger partial charge on any atom is -0.348 e. The van der Waals surface area contributed by atoms with Crippen LogP contribution >= 0.6 is 0 Å². The van der Waals surface area contributed by atoms with Crippen LogP contribution in [0.3, 0.4) is 0 Å². The zero-order valence-corrected chi connectivity index (χ0v) is 25.0. The Morgan fingerprint density at radius 3 is 1.41 bits per heavy atom. The molecule has 0 spiro atoms. The SMILES string of the molecule is CC1(C)OC[C@H]([C@H]2OC(C)(C)O[C@@H]2CCCc2ccc(CC[C@H]3OC(C)(C)O[C@@H]3[C@H]3COC(C)(C)O3)cc2)O1. The van der Waals surface area contributed by atoms with Crippen molar-refractivity contribution in [3.63, 3.8) is 0 Å². The predicted octanol–water partition coefficient (Wildman–Crippen LogP) is 5.29. The molecular formula is C31H48O8. The molecule has 4 heterocycles. The molecule has 0 aliphatic carbocycles. The molecule has 0 bridgehead atoms. The van der Waals surface area contributed by atoms with E-state index >= 15 is 0 Å². The number of benzene rings is 1. The highest BCUT2D eigenvalue weighted by molar-refractivity contribution is 5.23. The fraction of sp³-hybridized carbons (Fsp3) is 0.806. The van der Waals surface area contributed by atoms with Gasteiger partial charge in [0.05, 0.1) is 25.4 Å². The molecule has 0 amide bonds.